The van der Waals surface area contributed by atoms with E-state index in [1.807, 2.05) is 0 Å². The van der Waals surface area contributed by atoms with Crippen molar-refractivity contribution in [2.45, 2.75) is 19.9 Å². The van der Waals surface area contributed by atoms with Gasteiger partial charge in [-0.05, 0) is 25.1 Å². The first-order valence-electron chi connectivity index (χ1n) is 4.58. The van der Waals surface area contributed by atoms with E-state index >= 15 is 0 Å². The number of rotatable bonds is 2. The number of nitrogens with two attached hydrogens (primary N) is 1. The van der Waals surface area contributed by atoms with Crippen LogP contribution in [0.1, 0.15) is 5.69 Å². The quantitative estimate of drug-likeness (QED) is 0.774. The number of anilines is 1. The van der Waals surface area contributed by atoms with E-state index in [0.717, 1.165) is 11.1 Å². The molecule has 0 aliphatic heterocycles. The van der Waals surface area contributed by atoms with Crippen LogP contribution in [0.5, 0.6) is 0 Å². The molecule has 0 saturated heterocycles. The molecule has 0 unspecified atom stereocenters. The first kappa shape index (κ1) is 9.89. The van der Waals surface area contributed by atoms with Crippen LogP contribution in [0.4, 0.5) is 14.5 Å². The van der Waals surface area contributed by atoms with Crippen molar-refractivity contribution in [3.8, 4) is 0 Å². The van der Waals surface area contributed by atoms with Gasteiger partial charge in [-0.1, -0.05) is 0 Å². The lowest BCUT2D eigenvalue weighted by Crippen LogP contribution is -2.07. The van der Waals surface area contributed by atoms with Crippen molar-refractivity contribution in [2.75, 3.05) is 5.73 Å². The smallest absolute Gasteiger partial charge is 0.257 e. The van der Waals surface area contributed by atoms with Gasteiger partial charge in [0.2, 0.25) is 0 Å². The first-order chi connectivity index (χ1) is 7.08. The molecule has 1 aromatic carbocycles. The van der Waals surface area contributed by atoms with Crippen LogP contribution in [0.2, 0.25) is 0 Å². The van der Waals surface area contributed by atoms with Gasteiger partial charge < -0.3 is 5.73 Å². The van der Waals surface area contributed by atoms with Gasteiger partial charge in [-0.25, -0.2) is 8.78 Å². The molecule has 1 heterocycles. The number of aromatic nitrogens is 2. The second kappa shape index (κ2) is 3.49. The number of benzene rings is 1. The molecular weight excluding hydrogens is 200 g/mol. The standard InChI is InChI=1S/C10H11F2N3/c1-6-8-4-7(13)2-3-9(8)15(14-6)5-10(11)12/h2-4,10H,5,13H2,1H3. The third-order valence-corrected chi connectivity index (χ3v) is 2.27. The van der Waals surface area contributed by atoms with E-state index in [-0.39, 0.29) is 6.54 Å². The highest BCUT2D eigenvalue weighted by molar-refractivity contribution is 5.84. The zero-order valence-electron chi connectivity index (χ0n) is 8.24. The number of nitrogens with zero attached hydrogens (tertiary/aromatic N) is 2. The molecule has 0 bridgehead atoms. The van der Waals surface area contributed by atoms with Crippen molar-refractivity contribution < 1.29 is 8.78 Å². The van der Waals surface area contributed by atoms with Crippen LogP contribution in [-0.2, 0) is 6.54 Å². The van der Waals surface area contributed by atoms with Gasteiger partial charge >= 0.3 is 0 Å². The molecule has 15 heavy (non-hydrogen) atoms. The summed E-state index contributed by atoms with van der Waals surface area (Å²) in [7, 11) is 0. The van der Waals surface area contributed by atoms with E-state index in [1.165, 1.54) is 4.68 Å². The number of aryl methyl sites for hydroxylation is 1. The van der Waals surface area contributed by atoms with Crippen molar-refractivity contribution in [2.24, 2.45) is 0 Å². The van der Waals surface area contributed by atoms with E-state index in [4.69, 9.17) is 5.73 Å². The summed E-state index contributed by atoms with van der Waals surface area (Å²) in [6, 6.07) is 5.15. The van der Waals surface area contributed by atoms with Gasteiger partial charge in [0, 0.05) is 11.1 Å². The lowest BCUT2D eigenvalue weighted by Gasteiger charge is -2.01. The summed E-state index contributed by atoms with van der Waals surface area (Å²) in [5.41, 5.74) is 7.65. The Labute approximate surface area is 85.5 Å². The maximum atomic E-state index is 12.3. The lowest BCUT2D eigenvalue weighted by atomic mass is 10.2. The Morgan fingerprint density at radius 3 is 2.87 bits per heavy atom. The minimum Gasteiger partial charge on any atom is -0.399 e. The van der Waals surface area contributed by atoms with Gasteiger partial charge in [0.25, 0.3) is 6.43 Å². The molecule has 5 heteroatoms. The highest BCUT2D eigenvalue weighted by atomic mass is 19.3. The lowest BCUT2D eigenvalue weighted by molar-refractivity contribution is 0.123. The second-order valence-electron chi connectivity index (χ2n) is 3.44. The summed E-state index contributed by atoms with van der Waals surface area (Å²) in [5, 5.41) is 4.88. The highest BCUT2D eigenvalue weighted by Gasteiger charge is 2.11. The van der Waals surface area contributed by atoms with Crippen molar-refractivity contribution in [1.29, 1.82) is 0 Å². The van der Waals surface area contributed by atoms with Gasteiger partial charge in [-0.15, -0.1) is 0 Å². The van der Waals surface area contributed by atoms with Gasteiger partial charge in [0.1, 0.15) is 6.54 Å². The minimum absolute atomic E-state index is 0.381. The van der Waals surface area contributed by atoms with Gasteiger partial charge in [0.05, 0.1) is 11.2 Å². The molecule has 2 aromatic rings. The molecule has 2 rings (SSSR count). The molecule has 0 saturated carbocycles. The number of halogens is 2. The molecule has 0 aliphatic rings. The van der Waals surface area contributed by atoms with E-state index < -0.39 is 6.43 Å². The zero-order chi connectivity index (χ0) is 11.0. The summed E-state index contributed by atoms with van der Waals surface area (Å²) < 4.78 is 25.8. The van der Waals surface area contributed by atoms with E-state index in [2.05, 4.69) is 5.10 Å². The molecule has 0 amide bonds. The Morgan fingerprint density at radius 1 is 1.47 bits per heavy atom. The molecule has 80 valence electrons. The third kappa shape index (κ3) is 1.77. The molecule has 0 atom stereocenters. The van der Waals surface area contributed by atoms with E-state index in [9.17, 15) is 8.78 Å². The Kier molecular flexibility index (Phi) is 2.30. The van der Waals surface area contributed by atoms with Crippen LogP contribution in [0, 0.1) is 6.92 Å². The number of hydrogen-bond acceptors (Lipinski definition) is 2. The highest BCUT2D eigenvalue weighted by Crippen LogP contribution is 2.21. The largest absolute Gasteiger partial charge is 0.399 e. The number of fused-ring (bicyclic) bond motifs is 1. The van der Waals surface area contributed by atoms with Crippen LogP contribution >= 0.6 is 0 Å². The molecule has 0 fully saturated rings. The summed E-state index contributed by atoms with van der Waals surface area (Å²) in [4.78, 5) is 0. The summed E-state index contributed by atoms with van der Waals surface area (Å²) in [6.07, 6.45) is -2.40. The average Bonchev–Trinajstić information content (AvgIpc) is 2.42. The predicted octanol–water partition coefficient (Wildman–Crippen LogP) is 2.19. The Balaban J connectivity index is 2.57. The molecule has 3 nitrogen and oxygen atoms in total. The SMILES string of the molecule is Cc1nn(CC(F)F)c2ccc(N)cc12. The Hall–Kier alpha value is -1.65. The Morgan fingerprint density at radius 2 is 2.20 bits per heavy atom. The van der Waals surface area contributed by atoms with Gasteiger partial charge in [0.15, 0.2) is 0 Å². The monoisotopic (exact) mass is 211 g/mol. The van der Waals surface area contributed by atoms with Crippen LogP contribution in [0.15, 0.2) is 18.2 Å². The first-order valence-corrected chi connectivity index (χ1v) is 4.58. The predicted molar refractivity (Wildman–Crippen MR) is 54.9 cm³/mol. The van der Waals surface area contributed by atoms with Gasteiger partial charge in [-0.2, -0.15) is 5.10 Å². The minimum atomic E-state index is -2.40. The maximum absolute atomic E-state index is 12.3. The van der Waals surface area contributed by atoms with Crippen LogP contribution in [-0.4, -0.2) is 16.2 Å². The van der Waals surface area contributed by atoms with E-state index in [1.54, 1.807) is 25.1 Å². The fourth-order valence-corrected chi connectivity index (χ4v) is 1.63. The fraction of sp³-hybridized carbons (Fsp3) is 0.300. The molecular formula is C10H11F2N3. The van der Waals surface area contributed by atoms with Crippen LogP contribution in [0.3, 0.4) is 0 Å². The second-order valence-corrected chi connectivity index (χ2v) is 3.44. The van der Waals surface area contributed by atoms with Crippen molar-refractivity contribution in [3.63, 3.8) is 0 Å². The number of alkyl halides is 2. The molecule has 0 spiro atoms. The molecule has 0 aliphatic carbocycles. The fourth-order valence-electron chi connectivity index (χ4n) is 1.63. The van der Waals surface area contributed by atoms with Crippen LogP contribution < -0.4 is 5.73 Å². The number of hydrogen-bond donors (Lipinski definition) is 1. The number of nitrogen functional groups attached to an aromatic ring is 1. The van der Waals surface area contributed by atoms with Crippen molar-refractivity contribution in [3.05, 3.63) is 23.9 Å². The van der Waals surface area contributed by atoms with Crippen molar-refractivity contribution >= 4 is 16.6 Å². The van der Waals surface area contributed by atoms with Crippen molar-refractivity contribution in [1.82, 2.24) is 9.78 Å². The van der Waals surface area contributed by atoms with E-state index in [0.29, 0.717) is 11.2 Å². The Bertz CT molecular complexity index is 491. The third-order valence-electron chi connectivity index (χ3n) is 2.27. The summed E-state index contributed by atoms with van der Waals surface area (Å²) in [6.45, 7) is 1.40. The molecule has 0 radical (unpaired) electrons. The average molecular weight is 211 g/mol. The summed E-state index contributed by atoms with van der Waals surface area (Å²) >= 11 is 0. The van der Waals surface area contributed by atoms with Crippen LogP contribution in [0.25, 0.3) is 10.9 Å². The van der Waals surface area contributed by atoms with Gasteiger partial charge in [-0.3, -0.25) is 4.68 Å². The zero-order valence-corrected chi connectivity index (χ0v) is 8.24. The maximum Gasteiger partial charge on any atom is 0.257 e. The molecule has 1 aromatic heterocycles. The molecule has 2 N–H and O–H groups in total. The topological polar surface area (TPSA) is 43.8 Å². The summed E-state index contributed by atoms with van der Waals surface area (Å²) in [5.74, 6) is 0. The normalized spacial score (nSPS) is 11.5.